The molecule has 9 heteroatoms. The highest BCUT2D eigenvalue weighted by Gasteiger charge is 2.24. The van der Waals surface area contributed by atoms with E-state index in [2.05, 4.69) is 106 Å². The summed E-state index contributed by atoms with van der Waals surface area (Å²) in [6.07, 6.45) is 15.1. The number of aromatic nitrogens is 6. The number of halogens is 1. The van der Waals surface area contributed by atoms with Gasteiger partial charge >= 0.3 is 0 Å². The van der Waals surface area contributed by atoms with E-state index in [-0.39, 0.29) is 12.4 Å². The molecule has 0 aliphatic heterocycles. The van der Waals surface area contributed by atoms with Crippen LogP contribution < -0.4 is 5.32 Å². The van der Waals surface area contributed by atoms with Crippen molar-refractivity contribution in [3.8, 4) is 22.3 Å². The van der Waals surface area contributed by atoms with Crippen LogP contribution in [0.25, 0.3) is 33.5 Å². The van der Waals surface area contributed by atoms with Crippen molar-refractivity contribution in [2.45, 2.75) is 97.3 Å². The fourth-order valence-corrected chi connectivity index (χ4v) is 7.31. The minimum absolute atomic E-state index is 0. The van der Waals surface area contributed by atoms with Crippen molar-refractivity contribution in [1.82, 2.24) is 29.2 Å². The second-order valence-electron chi connectivity index (χ2n) is 12.7. The number of hydrogen-bond donors (Lipinski definition) is 1. The summed E-state index contributed by atoms with van der Waals surface area (Å²) in [4.78, 5) is 11.1. The molecule has 7 nitrogen and oxygen atoms in total. The van der Waals surface area contributed by atoms with E-state index in [9.17, 15) is 0 Å². The van der Waals surface area contributed by atoms with E-state index in [1.165, 1.54) is 70.6 Å². The zero-order valence-electron chi connectivity index (χ0n) is 29.8. The quantitative estimate of drug-likeness (QED) is 0.168. The third-order valence-electron chi connectivity index (χ3n) is 9.27. The van der Waals surface area contributed by atoms with E-state index in [4.69, 9.17) is 15.1 Å². The molecule has 0 atom stereocenters. The van der Waals surface area contributed by atoms with Gasteiger partial charge in [-0.2, -0.15) is 14.7 Å². The molecule has 2 aromatic carbocycles. The summed E-state index contributed by atoms with van der Waals surface area (Å²) >= 11 is 1.76. The number of thioether (sulfide) groups is 1. The summed E-state index contributed by atoms with van der Waals surface area (Å²) in [6, 6.07) is 19.1. The lowest BCUT2D eigenvalue weighted by Crippen LogP contribution is -2.09. The Hall–Kier alpha value is -3.88. The second-order valence-corrected chi connectivity index (χ2v) is 13.6. The molecule has 0 saturated carbocycles. The highest BCUT2D eigenvalue weighted by Crippen LogP contribution is 2.34. The van der Waals surface area contributed by atoms with Gasteiger partial charge < -0.3 is 5.32 Å². The monoisotopic (exact) mass is 695 g/mol. The number of nitrogens with one attached hydrogen (secondary N) is 1. The summed E-state index contributed by atoms with van der Waals surface area (Å²) in [5.41, 5.74) is 13.9. The number of aryl methyl sites for hydroxylation is 5. The third-order valence-corrected chi connectivity index (χ3v) is 10.0. The van der Waals surface area contributed by atoms with Crippen LogP contribution in [0, 0.1) is 13.8 Å². The largest absolute Gasteiger partial charge is 0.370 e. The number of hydrogen-bond acceptors (Lipinski definition) is 6. The maximum Gasteiger partial charge on any atom is 0.165 e. The van der Waals surface area contributed by atoms with Crippen LogP contribution in [0.2, 0.25) is 0 Å². The van der Waals surface area contributed by atoms with E-state index >= 15 is 0 Å². The van der Waals surface area contributed by atoms with Crippen LogP contribution in [-0.2, 0) is 25.7 Å². The molecule has 0 fully saturated rings. The number of anilines is 1. The molecule has 1 N–H and O–H groups in total. The summed E-state index contributed by atoms with van der Waals surface area (Å²) in [7, 11) is 0. The molecule has 6 aromatic rings. The van der Waals surface area contributed by atoms with Crippen LogP contribution >= 0.6 is 24.2 Å². The molecule has 49 heavy (non-hydrogen) atoms. The van der Waals surface area contributed by atoms with Crippen LogP contribution in [0.15, 0.2) is 65.7 Å². The van der Waals surface area contributed by atoms with Crippen molar-refractivity contribution >= 4 is 41.3 Å². The van der Waals surface area contributed by atoms with E-state index in [1.54, 1.807) is 11.8 Å². The van der Waals surface area contributed by atoms with Crippen LogP contribution in [0.1, 0.15) is 86.8 Å². The molecule has 258 valence electrons. The highest BCUT2D eigenvalue weighted by molar-refractivity contribution is 7.98. The van der Waals surface area contributed by atoms with Crippen LogP contribution in [0.5, 0.6) is 0 Å². The molecule has 4 aromatic heterocycles. The fourth-order valence-electron chi connectivity index (χ4n) is 6.90. The molecule has 8 rings (SSSR count). The van der Waals surface area contributed by atoms with Crippen molar-refractivity contribution in [2.75, 3.05) is 18.1 Å². The lowest BCUT2D eigenvalue weighted by atomic mass is 10.1. The summed E-state index contributed by atoms with van der Waals surface area (Å²) in [5, 5.41) is 12.9. The Labute approximate surface area is 301 Å². The van der Waals surface area contributed by atoms with Gasteiger partial charge in [0.1, 0.15) is 5.82 Å². The van der Waals surface area contributed by atoms with Gasteiger partial charge in [-0.3, -0.25) is 0 Å². The zero-order valence-corrected chi connectivity index (χ0v) is 31.5. The molecule has 2 aliphatic carbocycles. The van der Waals surface area contributed by atoms with Gasteiger partial charge in [-0.25, -0.2) is 14.5 Å². The van der Waals surface area contributed by atoms with E-state index in [0.29, 0.717) is 0 Å². The maximum atomic E-state index is 4.96. The predicted octanol–water partition coefficient (Wildman–Crippen LogP) is 10.2. The Morgan fingerprint density at radius 3 is 2.04 bits per heavy atom. The Kier molecular flexibility index (Phi) is 12.4. The molecule has 4 heterocycles. The topological polar surface area (TPSA) is 72.4 Å². The minimum atomic E-state index is 0. The van der Waals surface area contributed by atoms with Gasteiger partial charge in [0.05, 0.1) is 11.4 Å². The third kappa shape index (κ3) is 7.65. The Balaban J connectivity index is 0.000000166. The van der Waals surface area contributed by atoms with Gasteiger partial charge in [0.2, 0.25) is 0 Å². The van der Waals surface area contributed by atoms with Gasteiger partial charge in [-0.05, 0) is 94.4 Å². The zero-order chi connectivity index (χ0) is 33.6. The number of rotatable bonds is 7. The van der Waals surface area contributed by atoms with Crippen molar-refractivity contribution in [3.63, 3.8) is 0 Å². The van der Waals surface area contributed by atoms with Gasteiger partial charge in [-0.1, -0.05) is 75.6 Å². The first kappa shape index (κ1) is 36.4. The number of benzene rings is 2. The Bertz CT molecular complexity index is 2000. The number of fused-ring (bicyclic) bond motifs is 4. The van der Waals surface area contributed by atoms with Gasteiger partial charge in [0.15, 0.2) is 11.3 Å². The molecule has 0 spiro atoms. The second kappa shape index (κ2) is 16.7. The standard InChI is InChI=1S/C18H20N4.C17H17N3S.C5H12.ClH/c1-3-19-17-14-10-7-11-15(14)20-18-16(12(2)21-22(17)18)13-8-5-4-6-9-13;1-11-16(12-6-8-14(21-2)9-7-12)17-18-15-5-3-4-13(15)10-20(17)19-11;1-3-5-4-2;/h4-6,8-9,19H,3,7,10-11H2,1-2H3;6-10H,3-5H2,1-2H3;3-5H2,1-2H3;1H. The fraction of sp³-hybridized carbons (Fsp3) is 0.400. The summed E-state index contributed by atoms with van der Waals surface area (Å²) in [5.74, 6) is 1.13. The van der Waals surface area contributed by atoms with Gasteiger partial charge in [0.25, 0.3) is 0 Å². The first-order chi connectivity index (χ1) is 23.5. The average molecular weight is 696 g/mol. The molecule has 0 amide bonds. The van der Waals surface area contributed by atoms with Gasteiger partial charge in [-0.15, -0.1) is 24.2 Å². The lowest BCUT2D eigenvalue weighted by molar-refractivity contribution is 0.772. The van der Waals surface area contributed by atoms with E-state index in [1.807, 2.05) is 15.1 Å². The predicted molar refractivity (Wildman–Crippen MR) is 209 cm³/mol. The number of unbranched alkanes of at least 4 members (excludes halogenated alkanes) is 2. The van der Waals surface area contributed by atoms with Crippen LogP contribution in [0.3, 0.4) is 0 Å². The van der Waals surface area contributed by atoms with E-state index < -0.39 is 0 Å². The molecule has 0 bridgehead atoms. The summed E-state index contributed by atoms with van der Waals surface area (Å²) in [6.45, 7) is 11.6. The average Bonchev–Trinajstić information content (AvgIpc) is 3.90. The van der Waals surface area contributed by atoms with E-state index in [0.717, 1.165) is 71.9 Å². The van der Waals surface area contributed by atoms with Crippen molar-refractivity contribution in [1.29, 1.82) is 0 Å². The molecule has 0 saturated heterocycles. The highest BCUT2D eigenvalue weighted by atomic mass is 35.5. The Morgan fingerprint density at radius 1 is 0.735 bits per heavy atom. The summed E-state index contributed by atoms with van der Waals surface area (Å²) < 4.78 is 3.96. The smallest absolute Gasteiger partial charge is 0.165 e. The number of nitrogens with zero attached hydrogens (tertiary/aromatic N) is 6. The normalized spacial score (nSPS) is 12.9. The maximum absolute atomic E-state index is 4.96. The van der Waals surface area contributed by atoms with Crippen LogP contribution in [-0.4, -0.2) is 42.0 Å². The molecule has 2 aliphatic rings. The van der Waals surface area contributed by atoms with Gasteiger partial charge in [0, 0.05) is 45.7 Å². The van der Waals surface area contributed by atoms with Crippen molar-refractivity contribution < 1.29 is 0 Å². The minimum Gasteiger partial charge on any atom is -0.370 e. The first-order valence-electron chi connectivity index (χ1n) is 17.7. The molecular weight excluding hydrogens is 646 g/mol. The Morgan fingerprint density at radius 2 is 1.37 bits per heavy atom. The van der Waals surface area contributed by atoms with Crippen molar-refractivity contribution in [3.05, 3.63) is 94.7 Å². The molecular formula is C40H50ClN7S. The van der Waals surface area contributed by atoms with Crippen molar-refractivity contribution in [2.24, 2.45) is 0 Å². The molecule has 0 unspecified atom stereocenters. The van der Waals surface area contributed by atoms with Crippen LogP contribution in [0.4, 0.5) is 5.82 Å². The first-order valence-corrected chi connectivity index (χ1v) is 18.9. The molecule has 0 radical (unpaired) electrons. The lowest BCUT2D eigenvalue weighted by Gasteiger charge is -2.12. The SMILES string of the molecule is CCCCC.CCNc1c2c(nc3c(-c4ccccc4)c(C)nn13)CCC2.CSc1ccc(-c2c(C)nn3cc4c(nc23)CCC4)cc1.Cl.